The molecule has 1 amide bonds. The van der Waals surface area contributed by atoms with Gasteiger partial charge >= 0.3 is 0 Å². The summed E-state index contributed by atoms with van der Waals surface area (Å²) < 4.78 is 19.1. The Morgan fingerprint density at radius 3 is 2.77 bits per heavy atom. The zero-order chi connectivity index (χ0) is 21.1. The number of fused-ring (bicyclic) bond motifs is 1. The van der Waals surface area contributed by atoms with Crippen molar-refractivity contribution in [2.24, 2.45) is 0 Å². The minimum atomic E-state index is -0.290. The number of carbonyl (C=O) groups excluding carboxylic acids is 1. The van der Waals surface area contributed by atoms with Crippen LogP contribution in [0, 0.1) is 5.82 Å². The first-order valence-corrected chi connectivity index (χ1v) is 10.5. The number of rotatable bonds is 6. The highest BCUT2D eigenvalue weighted by molar-refractivity contribution is 5.85. The van der Waals surface area contributed by atoms with Crippen LogP contribution in [0.1, 0.15) is 36.8 Å². The molecule has 0 radical (unpaired) electrons. The number of ether oxygens (including phenoxy) is 1. The van der Waals surface area contributed by atoms with E-state index in [1.54, 1.807) is 25.3 Å². The zero-order valence-electron chi connectivity index (χ0n) is 17.5. The number of piperidine rings is 1. The predicted octanol–water partition coefficient (Wildman–Crippen LogP) is 4.20. The molecule has 5 nitrogen and oxygen atoms in total. The van der Waals surface area contributed by atoms with E-state index in [4.69, 9.17) is 4.74 Å². The van der Waals surface area contributed by atoms with Crippen molar-refractivity contribution in [1.29, 1.82) is 0 Å². The van der Waals surface area contributed by atoms with Gasteiger partial charge in [0, 0.05) is 29.2 Å². The summed E-state index contributed by atoms with van der Waals surface area (Å²) in [4.78, 5) is 18.2. The van der Waals surface area contributed by atoms with Crippen LogP contribution in [0.15, 0.2) is 48.7 Å². The summed E-state index contributed by atoms with van der Waals surface area (Å²) in [7, 11) is 1.69. The van der Waals surface area contributed by atoms with E-state index in [2.05, 4.69) is 33.5 Å². The van der Waals surface area contributed by atoms with Gasteiger partial charge in [0.05, 0.1) is 13.2 Å². The quantitative estimate of drug-likeness (QED) is 0.642. The van der Waals surface area contributed by atoms with Gasteiger partial charge in [-0.15, -0.1) is 0 Å². The van der Waals surface area contributed by atoms with Gasteiger partial charge in [0.1, 0.15) is 11.6 Å². The molecule has 1 aliphatic heterocycles. The minimum absolute atomic E-state index is 0.0615. The number of benzene rings is 2. The molecule has 0 saturated carbocycles. The number of H-pyrrole nitrogens is 1. The number of hydrogen-bond donors (Lipinski definition) is 2. The van der Waals surface area contributed by atoms with Gasteiger partial charge in [0.2, 0.25) is 5.91 Å². The topological polar surface area (TPSA) is 57.4 Å². The van der Waals surface area contributed by atoms with Gasteiger partial charge in [0.25, 0.3) is 0 Å². The van der Waals surface area contributed by atoms with Crippen molar-refractivity contribution >= 4 is 16.8 Å². The average molecular weight is 410 g/mol. The Morgan fingerprint density at radius 1 is 1.27 bits per heavy atom. The average Bonchev–Trinajstić information content (AvgIpc) is 3.21. The normalized spacial score (nSPS) is 16.5. The highest BCUT2D eigenvalue weighted by atomic mass is 19.1. The Kier molecular flexibility index (Phi) is 6.04. The van der Waals surface area contributed by atoms with Crippen molar-refractivity contribution in [3.8, 4) is 5.75 Å². The Morgan fingerprint density at radius 2 is 2.03 bits per heavy atom. The van der Waals surface area contributed by atoms with Crippen LogP contribution in [-0.4, -0.2) is 42.0 Å². The Labute approximate surface area is 176 Å². The van der Waals surface area contributed by atoms with Crippen molar-refractivity contribution in [2.75, 3.05) is 20.2 Å². The minimum Gasteiger partial charge on any atom is -0.497 e. The van der Waals surface area contributed by atoms with Crippen molar-refractivity contribution in [3.63, 3.8) is 0 Å². The van der Waals surface area contributed by atoms with Crippen LogP contribution in [0.25, 0.3) is 10.9 Å². The molecule has 158 valence electrons. The molecule has 2 N–H and O–H groups in total. The third kappa shape index (κ3) is 4.19. The van der Waals surface area contributed by atoms with Gasteiger partial charge in [0.15, 0.2) is 0 Å². The van der Waals surface area contributed by atoms with E-state index >= 15 is 0 Å². The van der Waals surface area contributed by atoms with Crippen LogP contribution < -0.4 is 10.1 Å². The molecule has 1 fully saturated rings. The number of likely N-dealkylation sites (tertiary alicyclic amines) is 1. The first kappa shape index (κ1) is 20.4. The summed E-state index contributed by atoms with van der Waals surface area (Å²) in [6, 6.07) is 12.4. The van der Waals surface area contributed by atoms with Crippen LogP contribution >= 0.6 is 0 Å². The number of aromatic amines is 1. The van der Waals surface area contributed by atoms with Crippen LogP contribution in [-0.2, 0) is 11.3 Å². The fourth-order valence-electron chi connectivity index (χ4n) is 4.32. The van der Waals surface area contributed by atoms with E-state index in [0.717, 1.165) is 37.2 Å². The number of carbonyl (C=O) groups is 1. The fraction of sp³-hybridized carbons (Fsp3) is 0.375. The lowest BCUT2D eigenvalue weighted by molar-refractivity contribution is -0.126. The molecule has 2 heterocycles. The van der Waals surface area contributed by atoms with E-state index < -0.39 is 0 Å². The van der Waals surface area contributed by atoms with E-state index in [0.29, 0.717) is 11.5 Å². The molecule has 0 bridgehead atoms. The van der Waals surface area contributed by atoms with Crippen molar-refractivity contribution in [3.05, 3.63) is 65.6 Å². The number of amides is 1. The first-order chi connectivity index (χ1) is 14.6. The highest BCUT2D eigenvalue weighted by Gasteiger charge is 2.28. The van der Waals surface area contributed by atoms with Gasteiger partial charge < -0.3 is 15.0 Å². The molecule has 1 atom stereocenters. The monoisotopic (exact) mass is 409 g/mol. The van der Waals surface area contributed by atoms with E-state index in [1.807, 2.05) is 13.0 Å². The van der Waals surface area contributed by atoms with Gasteiger partial charge in [-0.2, -0.15) is 0 Å². The highest BCUT2D eigenvalue weighted by Crippen LogP contribution is 2.35. The number of halogens is 1. The van der Waals surface area contributed by atoms with Crippen LogP contribution in [0.4, 0.5) is 4.39 Å². The van der Waals surface area contributed by atoms with Crippen molar-refractivity contribution < 1.29 is 13.9 Å². The molecule has 30 heavy (non-hydrogen) atoms. The third-order valence-electron chi connectivity index (χ3n) is 6.23. The molecule has 2 aromatic carbocycles. The number of methoxy groups -OCH3 is 1. The molecule has 6 heteroatoms. The van der Waals surface area contributed by atoms with Gasteiger partial charge in [-0.3, -0.25) is 9.69 Å². The molecule has 0 aliphatic carbocycles. The smallest absolute Gasteiger partial charge is 0.237 e. The third-order valence-corrected chi connectivity index (χ3v) is 6.23. The summed E-state index contributed by atoms with van der Waals surface area (Å²) >= 11 is 0. The second-order valence-corrected chi connectivity index (χ2v) is 7.95. The van der Waals surface area contributed by atoms with Crippen LogP contribution in [0.2, 0.25) is 0 Å². The summed E-state index contributed by atoms with van der Waals surface area (Å²) in [5.74, 6) is 0.965. The van der Waals surface area contributed by atoms with E-state index in [9.17, 15) is 9.18 Å². The van der Waals surface area contributed by atoms with Crippen LogP contribution in [0.5, 0.6) is 5.75 Å². The van der Waals surface area contributed by atoms with E-state index in [1.165, 1.54) is 17.0 Å². The Hall–Kier alpha value is -2.86. The molecule has 1 unspecified atom stereocenters. The lowest BCUT2D eigenvalue weighted by atomic mass is 9.88. The molecule has 0 spiro atoms. The second-order valence-electron chi connectivity index (χ2n) is 7.95. The second kappa shape index (κ2) is 8.88. The standard InChI is InChI=1S/C24H28FN3O2/c1-16(24(29)27-14-18-5-3-4-6-22(18)25)28-11-9-17(10-12-28)21-15-26-23-8-7-19(30-2)13-20(21)23/h3-8,13,15-17,26H,9-12,14H2,1-2H3,(H,27,29). The molecule has 1 saturated heterocycles. The molecular formula is C24H28FN3O2. The lowest BCUT2D eigenvalue weighted by Gasteiger charge is -2.35. The fourth-order valence-corrected chi connectivity index (χ4v) is 4.32. The predicted molar refractivity (Wildman–Crippen MR) is 116 cm³/mol. The SMILES string of the molecule is COc1ccc2[nH]cc(C3CCN(C(C)C(=O)NCc4ccccc4F)CC3)c2c1. The number of aromatic nitrogens is 1. The first-order valence-electron chi connectivity index (χ1n) is 10.5. The largest absolute Gasteiger partial charge is 0.497 e. The summed E-state index contributed by atoms with van der Waals surface area (Å²) in [6.45, 7) is 3.85. The molecule has 3 aromatic rings. The maximum Gasteiger partial charge on any atom is 0.237 e. The lowest BCUT2D eigenvalue weighted by Crippen LogP contribution is -2.47. The van der Waals surface area contributed by atoms with Gasteiger partial charge in [-0.05, 0) is 68.6 Å². The van der Waals surface area contributed by atoms with Crippen LogP contribution in [0.3, 0.4) is 0 Å². The van der Waals surface area contributed by atoms with Crippen molar-refractivity contribution in [1.82, 2.24) is 15.2 Å². The molecular weight excluding hydrogens is 381 g/mol. The zero-order valence-corrected chi connectivity index (χ0v) is 17.5. The molecule has 1 aromatic heterocycles. The summed E-state index contributed by atoms with van der Waals surface area (Å²) in [6.07, 6.45) is 4.10. The summed E-state index contributed by atoms with van der Waals surface area (Å²) in [5, 5.41) is 4.08. The number of nitrogens with zero attached hydrogens (tertiary/aromatic N) is 1. The summed E-state index contributed by atoms with van der Waals surface area (Å²) in [5.41, 5.74) is 2.95. The Bertz CT molecular complexity index is 1020. The maximum absolute atomic E-state index is 13.8. The maximum atomic E-state index is 13.8. The van der Waals surface area contributed by atoms with Gasteiger partial charge in [-0.25, -0.2) is 4.39 Å². The molecule has 1 aliphatic rings. The number of nitrogens with one attached hydrogen (secondary N) is 2. The Balaban J connectivity index is 1.35. The number of hydrogen-bond acceptors (Lipinski definition) is 3. The molecule has 4 rings (SSSR count). The van der Waals surface area contributed by atoms with E-state index in [-0.39, 0.29) is 24.3 Å². The van der Waals surface area contributed by atoms with Crippen molar-refractivity contribution in [2.45, 2.75) is 38.3 Å². The van der Waals surface area contributed by atoms with Gasteiger partial charge in [-0.1, -0.05) is 18.2 Å².